The Labute approximate surface area is 145 Å². The maximum Gasteiger partial charge on any atom is 0.299 e. The highest BCUT2D eigenvalue weighted by Crippen LogP contribution is 2.30. The van der Waals surface area contributed by atoms with E-state index in [0.717, 1.165) is 5.56 Å². The zero-order valence-corrected chi connectivity index (χ0v) is 14.5. The van der Waals surface area contributed by atoms with Gasteiger partial charge in [-0.1, -0.05) is 6.07 Å². The number of aromatic nitrogens is 2. The summed E-state index contributed by atoms with van der Waals surface area (Å²) in [6.45, 7) is 3.90. The Morgan fingerprint density at radius 1 is 1.20 bits per heavy atom. The molecule has 2 N–H and O–H groups in total. The monoisotopic (exact) mass is 340 g/mol. The van der Waals surface area contributed by atoms with Crippen LogP contribution in [-0.4, -0.2) is 33.9 Å². The van der Waals surface area contributed by atoms with E-state index in [2.05, 4.69) is 5.10 Å². The predicted molar refractivity (Wildman–Crippen MR) is 92.6 cm³/mol. The number of anilines is 1. The van der Waals surface area contributed by atoms with Gasteiger partial charge in [0.2, 0.25) is 5.91 Å². The summed E-state index contributed by atoms with van der Waals surface area (Å²) in [5.41, 5.74) is 8.66. The van der Waals surface area contributed by atoms with E-state index in [1.807, 2.05) is 0 Å². The number of benzene rings is 1. The molecule has 1 aliphatic heterocycles. The molecule has 0 atom stereocenters. The highest BCUT2D eigenvalue weighted by Gasteiger charge is 2.32. The molecule has 0 fully saturated rings. The van der Waals surface area contributed by atoms with E-state index in [-0.39, 0.29) is 0 Å². The molecule has 0 bridgehead atoms. The first-order valence-corrected chi connectivity index (χ1v) is 8.11. The zero-order chi connectivity index (χ0) is 18.3. The van der Waals surface area contributed by atoms with Crippen molar-refractivity contribution in [1.82, 2.24) is 9.78 Å². The van der Waals surface area contributed by atoms with Gasteiger partial charge in [0, 0.05) is 30.5 Å². The Morgan fingerprint density at radius 2 is 1.92 bits per heavy atom. The second kappa shape index (κ2) is 6.16. The fraction of sp³-hybridized carbons (Fsp3) is 0.333. The summed E-state index contributed by atoms with van der Waals surface area (Å²) in [7, 11) is 1.74. The molecular weight excluding hydrogens is 320 g/mol. The van der Waals surface area contributed by atoms with Crippen molar-refractivity contribution >= 4 is 23.3 Å². The van der Waals surface area contributed by atoms with Crippen LogP contribution in [0.2, 0.25) is 0 Å². The summed E-state index contributed by atoms with van der Waals surface area (Å²) in [6.07, 6.45) is 1.32. The lowest BCUT2D eigenvalue weighted by Gasteiger charge is -2.30. The molecule has 2 heterocycles. The minimum atomic E-state index is -0.609. The first-order valence-electron chi connectivity index (χ1n) is 8.11. The van der Waals surface area contributed by atoms with Gasteiger partial charge < -0.3 is 10.6 Å². The van der Waals surface area contributed by atoms with Crippen molar-refractivity contribution in [3.63, 3.8) is 0 Å². The van der Waals surface area contributed by atoms with E-state index in [9.17, 15) is 14.4 Å². The molecule has 0 saturated carbocycles. The Kier molecular flexibility index (Phi) is 4.16. The van der Waals surface area contributed by atoms with Crippen LogP contribution < -0.4 is 10.6 Å². The van der Waals surface area contributed by atoms with Gasteiger partial charge in [-0.3, -0.25) is 19.1 Å². The van der Waals surface area contributed by atoms with Crippen molar-refractivity contribution in [2.24, 2.45) is 12.8 Å². The summed E-state index contributed by atoms with van der Waals surface area (Å²) in [5, 5.41) is 4.20. The average Bonchev–Trinajstić information content (AvgIpc) is 2.84. The van der Waals surface area contributed by atoms with Crippen LogP contribution in [0.4, 0.5) is 5.69 Å². The Morgan fingerprint density at radius 3 is 2.52 bits per heavy atom. The maximum absolute atomic E-state index is 12.9. The Balaban J connectivity index is 2.02. The number of nitrogens with two attached hydrogens (primary N) is 1. The van der Waals surface area contributed by atoms with Crippen LogP contribution in [-0.2, 0) is 18.3 Å². The smallest absolute Gasteiger partial charge is 0.299 e. The van der Waals surface area contributed by atoms with Crippen LogP contribution in [0.15, 0.2) is 18.2 Å². The van der Waals surface area contributed by atoms with Gasteiger partial charge in [-0.2, -0.15) is 5.10 Å². The number of amides is 2. The molecule has 2 amide bonds. The minimum absolute atomic E-state index is 0.339. The quantitative estimate of drug-likeness (QED) is 0.672. The number of nitrogens with zero attached hydrogens (tertiary/aromatic N) is 3. The predicted octanol–water partition coefficient (Wildman–Crippen LogP) is 1.30. The number of carbonyl (C=O) groups excluding carboxylic acids is 3. The SMILES string of the molecule is Cc1nn(C)c(C)c1C(=O)C(=O)N1CCCc2c(C(N)=O)cccc21. The number of carbonyl (C=O) groups is 3. The summed E-state index contributed by atoms with van der Waals surface area (Å²) < 4.78 is 1.59. The lowest BCUT2D eigenvalue weighted by molar-refractivity contribution is -0.114. The lowest BCUT2D eigenvalue weighted by atomic mass is 9.95. The molecule has 25 heavy (non-hydrogen) atoms. The average molecular weight is 340 g/mol. The fourth-order valence-corrected chi connectivity index (χ4v) is 3.40. The molecule has 7 heteroatoms. The molecular formula is C18H20N4O3. The molecule has 1 aromatic carbocycles. The maximum atomic E-state index is 12.9. The van der Waals surface area contributed by atoms with Crippen molar-refractivity contribution in [1.29, 1.82) is 0 Å². The number of ketones is 1. The standard InChI is InChI=1S/C18H20N4O3/c1-10-15(11(2)21(3)20-10)16(23)18(25)22-9-5-7-12-13(17(19)24)6-4-8-14(12)22/h4,6,8H,5,7,9H2,1-3H3,(H2,19,24). The molecule has 1 aliphatic rings. The van der Waals surface area contributed by atoms with E-state index in [1.165, 1.54) is 4.90 Å². The van der Waals surface area contributed by atoms with Crippen LogP contribution >= 0.6 is 0 Å². The molecule has 0 radical (unpaired) electrons. The molecule has 2 aromatic rings. The fourth-order valence-electron chi connectivity index (χ4n) is 3.40. The topological polar surface area (TPSA) is 98.3 Å². The highest BCUT2D eigenvalue weighted by atomic mass is 16.2. The third-order valence-corrected chi connectivity index (χ3v) is 4.69. The number of hydrogen-bond donors (Lipinski definition) is 1. The number of hydrogen-bond acceptors (Lipinski definition) is 4. The molecule has 1 aromatic heterocycles. The third-order valence-electron chi connectivity index (χ3n) is 4.69. The van der Waals surface area contributed by atoms with Gasteiger partial charge in [-0.15, -0.1) is 0 Å². The van der Waals surface area contributed by atoms with E-state index in [1.54, 1.807) is 43.8 Å². The third kappa shape index (κ3) is 2.71. The second-order valence-corrected chi connectivity index (χ2v) is 6.23. The zero-order valence-electron chi connectivity index (χ0n) is 14.5. The first-order chi connectivity index (χ1) is 11.8. The van der Waals surface area contributed by atoms with Crippen molar-refractivity contribution in [3.8, 4) is 0 Å². The Bertz CT molecular complexity index is 898. The van der Waals surface area contributed by atoms with Gasteiger partial charge in [-0.25, -0.2) is 0 Å². The van der Waals surface area contributed by atoms with Crippen LogP contribution in [0.1, 0.15) is 44.1 Å². The first kappa shape index (κ1) is 16.9. The van der Waals surface area contributed by atoms with Gasteiger partial charge in [-0.05, 0) is 44.4 Å². The van der Waals surface area contributed by atoms with Crippen LogP contribution in [0.3, 0.4) is 0 Å². The number of Topliss-reactive ketones (excluding diaryl/α,β-unsaturated/α-hetero) is 1. The van der Waals surface area contributed by atoms with Gasteiger partial charge >= 0.3 is 0 Å². The number of primary amides is 1. The second-order valence-electron chi connectivity index (χ2n) is 6.23. The minimum Gasteiger partial charge on any atom is -0.366 e. The Hall–Kier alpha value is -2.96. The molecule has 0 spiro atoms. The van der Waals surface area contributed by atoms with E-state index >= 15 is 0 Å². The molecule has 0 unspecified atom stereocenters. The molecule has 0 aliphatic carbocycles. The molecule has 0 saturated heterocycles. The summed E-state index contributed by atoms with van der Waals surface area (Å²) >= 11 is 0. The highest BCUT2D eigenvalue weighted by molar-refractivity contribution is 6.47. The van der Waals surface area contributed by atoms with Gasteiger partial charge in [0.1, 0.15) is 0 Å². The van der Waals surface area contributed by atoms with E-state index in [4.69, 9.17) is 5.73 Å². The molecule has 7 nitrogen and oxygen atoms in total. The van der Waals surface area contributed by atoms with Crippen LogP contribution in [0.5, 0.6) is 0 Å². The number of aryl methyl sites for hydroxylation is 2. The summed E-state index contributed by atoms with van der Waals surface area (Å²) in [4.78, 5) is 38.8. The number of rotatable bonds is 3. The summed E-state index contributed by atoms with van der Waals surface area (Å²) in [5.74, 6) is -1.72. The van der Waals surface area contributed by atoms with Crippen LogP contribution in [0, 0.1) is 13.8 Å². The normalized spacial score (nSPS) is 13.5. The molecule has 3 rings (SSSR count). The van der Waals surface area contributed by atoms with Crippen molar-refractivity contribution in [3.05, 3.63) is 46.3 Å². The summed E-state index contributed by atoms with van der Waals surface area (Å²) in [6, 6.07) is 5.07. The van der Waals surface area contributed by atoms with Crippen LogP contribution in [0.25, 0.3) is 0 Å². The lowest BCUT2D eigenvalue weighted by Crippen LogP contribution is -2.41. The van der Waals surface area contributed by atoms with Crippen molar-refractivity contribution < 1.29 is 14.4 Å². The van der Waals surface area contributed by atoms with E-state index in [0.29, 0.717) is 47.6 Å². The van der Waals surface area contributed by atoms with Crippen molar-refractivity contribution in [2.75, 3.05) is 11.4 Å². The van der Waals surface area contributed by atoms with Gasteiger partial charge in [0.25, 0.3) is 11.7 Å². The molecule has 130 valence electrons. The van der Waals surface area contributed by atoms with E-state index < -0.39 is 17.6 Å². The van der Waals surface area contributed by atoms with Gasteiger partial charge in [0.15, 0.2) is 0 Å². The number of fused-ring (bicyclic) bond motifs is 1. The largest absolute Gasteiger partial charge is 0.366 e. The van der Waals surface area contributed by atoms with Gasteiger partial charge in [0.05, 0.1) is 11.3 Å². The van der Waals surface area contributed by atoms with Crippen molar-refractivity contribution in [2.45, 2.75) is 26.7 Å².